The second kappa shape index (κ2) is 10.3. The van der Waals surface area contributed by atoms with Gasteiger partial charge in [-0.2, -0.15) is 0 Å². The number of tetrazole rings is 1. The number of aryl methyl sites for hydroxylation is 1. The molecule has 0 spiro atoms. The number of ether oxygens (including phenoxy) is 1. The first kappa shape index (κ1) is 22.4. The normalized spacial score (nSPS) is 11.4. The highest BCUT2D eigenvalue weighted by molar-refractivity contribution is 9.10. The Morgan fingerprint density at radius 2 is 1.63 bits per heavy atom. The fourth-order valence-corrected chi connectivity index (χ4v) is 3.40. The van der Waals surface area contributed by atoms with E-state index in [9.17, 15) is 0 Å². The van der Waals surface area contributed by atoms with Crippen LogP contribution >= 0.6 is 15.9 Å². The average molecular weight is 532 g/mol. The molecule has 0 aliphatic rings. The number of oxime groups is 1. The zero-order valence-electron chi connectivity index (χ0n) is 18.4. The number of hydrogen-bond donors (Lipinski definition) is 0. The lowest BCUT2D eigenvalue weighted by Crippen LogP contribution is -2.12. The molecule has 35 heavy (non-hydrogen) atoms. The number of rotatable bonds is 8. The summed E-state index contributed by atoms with van der Waals surface area (Å²) in [5, 5.41) is 24.0. The average Bonchev–Trinajstić information content (AvgIpc) is 3.53. The highest BCUT2D eigenvalue weighted by Gasteiger charge is 2.15. The Bertz CT molecular complexity index is 1430. The maximum Gasteiger partial charge on any atom is 0.257 e. The van der Waals surface area contributed by atoms with Crippen molar-refractivity contribution in [3.05, 3.63) is 101 Å². The molecule has 5 rings (SSSR count). The van der Waals surface area contributed by atoms with Crippen LogP contribution < -0.4 is 4.74 Å². The molecule has 174 valence electrons. The Labute approximate surface area is 208 Å². The van der Waals surface area contributed by atoms with Crippen LogP contribution in [-0.2, 0) is 18.5 Å². The number of halogens is 1. The van der Waals surface area contributed by atoms with Crippen LogP contribution in [0.1, 0.15) is 17.3 Å². The third-order valence-corrected chi connectivity index (χ3v) is 5.37. The molecule has 0 unspecified atom stereocenters. The standard InChI is InChI=1S/C24H18BrN7O3/c1-32-23(27-30-31-32)22(16-5-3-2-4-6-16)29-33-15-21-26-28-24(35-21)17-7-11-19(12-8-17)34-20-13-9-18(25)10-14-20/h2-14H,15H2,1H3/b29-22-. The summed E-state index contributed by atoms with van der Waals surface area (Å²) in [6, 6.07) is 24.5. The van der Waals surface area contributed by atoms with E-state index in [1.165, 1.54) is 4.68 Å². The first-order valence-electron chi connectivity index (χ1n) is 10.5. The fraction of sp³-hybridized carbons (Fsp3) is 0.0833. The van der Waals surface area contributed by atoms with E-state index in [4.69, 9.17) is 14.0 Å². The fourth-order valence-electron chi connectivity index (χ4n) is 3.13. The van der Waals surface area contributed by atoms with Crippen molar-refractivity contribution >= 4 is 21.6 Å². The molecule has 2 aromatic heterocycles. The number of hydrogen-bond acceptors (Lipinski definition) is 9. The summed E-state index contributed by atoms with van der Waals surface area (Å²) >= 11 is 3.41. The monoisotopic (exact) mass is 531 g/mol. The van der Waals surface area contributed by atoms with Crippen molar-refractivity contribution in [2.45, 2.75) is 6.61 Å². The van der Waals surface area contributed by atoms with Crippen LogP contribution in [0.25, 0.3) is 11.5 Å². The summed E-state index contributed by atoms with van der Waals surface area (Å²) in [5.41, 5.74) is 2.05. The molecule has 0 saturated heterocycles. The molecule has 0 aliphatic carbocycles. The van der Waals surface area contributed by atoms with Crippen LogP contribution in [0.5, 0.6) is 11.5 Å². The van der Waals surface area contributed by atoms with E-state index in [-0.39, 0.29) is 12.5 Å². The van der Waals surface area contributed by atoms with Gasteiger partial charge in [-0.25, -0.2) is 4.68 Å². The topological polar surface area (TPSA) is 113 Å². The third-order valence-electron chi connectivity index (χ3n) is 4.84. The summed E-state index contributed by atoms with van der Waals surface area (Å²) in [6.07, 6.45) is 0. The molecule has 0 saturated carbocycles. The molecule has 3 aromatic carbocycles. The van der Waals surface area contributed by atoms with Gasteiger partial charge in [0.05, 0.1) is 0 Å². The van der Waals surface area contributed by atoms with Crippen LogP contribution in [0.2, 0.25) is 0 Å². The lowest BCUT2D eigenvalue weighted by Gasteiger charge is -2.06. The largest absolute Gasteiger partial charge is 0.457 e. The van der Waals surface area contributed by atoms with E-state index in [0.29, 0.717) is 23.2 Å². The van der Waals surface area contributed by atoms with E-state index < -0.39 is 0 Å². The van der Waals surface area contributed by atoms with Crippen molar-refractivity contribution in [2.75, 3.05) is 0 Å². The number of aromatic nitrogens is 6. The van der Waals surface area contributed by atoms with Gasteiger partial charge in [0.1, 0.15) is 11.5 Å². The molecule has 11 heteroatoms. The summed E-state index contributed by atoms with van der Waals surface area (Å²) in [4.78, 5) is 5.52. The van der Waals surface area contributed by atoms with Crippen LogP contribution in [0.4, 0.5) is 0 Å². The van der Waals surface area contributed by atoms with Crippen molar-refractivity contribution in [1.29, 1.82) is 0 Å². The van der Waals surface area contributed by atoms with E-state index >= 15 is 0 Å². The first-order valence-corrected chi connectivity index (χ1v) is 11.3. The lowest BCUT2D eigenvalue weighted by atomic mass is 10.1. The van der Waals surface area contributed by atoms with Crippen molar-refractivity contribution in [3.63, 3.8) is 0 Å². The second-order valence-electron chi connectivity index (χ2n) is 7.29. The van der Waals surface area contributed by atoms with Crippen LogP contribution in [0.15, 0.2) is 92.9 Å². The smallest absolute Gasteiger partial charge is 0.257 e. The minimum absolute atomic E-state index is 0.0145. The van der Waals surface area contributed by atoms with Gasteiger partial charge in [0.15, 0.2) is 12.3 Å². The predicted molar refractivity (Wildman–Crippen MR) is 130 cm³/mol. The lowest BCUT2D eigenvalue weighted by molar-refractivity contribution is 0.111. The third kappa shape index (κ3) is 5.41. The number of nitrogens with zero attached hydrogens (tertiary/aromatic N) is 7. The Balaban J connectivity index is 1.26. The molecule has 0 fully saturated rings. The van der Waals surface area contributed by atoms with Crippen LogP contribution in [0, 0.1) is 0 Å². The molecule has 0 radical (unpaired) electrons. The SMILES string of the molecule is Cn1nnnc1/C(=N\OCc1nnc(-c2ccc(Oc3ccc(Br)cc3)cc2)o1)c1ccccc1. The zero-order valence-corrected chi connectivity index (χ0v) is 20.0. The van der Waals surface area contributed by atoms with Gasteiger partial charge in [0, 0.05) is 22.6 Å². The Hall–Kier alpha value is -4.38. The molecular formula is C24H18BrN7O3. The minimum Gasteiger partial charge on any atom is -0.457 e. The van der Waals surface area contributed by atoms with E-state index in [1.807, 2.05) is 78.9 Å². The Kier molecular flexibility index (Phi) is 6.57. The maximum atomic E-state index is 5.84. The summed E-state index contributed by atoms with van der Waals surface area (Å²) in [6.45, 7) is -0.0145. The quantitative estimate of drug-likeness (QED) is 0.207. The van der Waals surface area contributed by atoms with Gasteiger partial charge < -0.3 is 14.0 Å². The van der Waals surface area contributed by atoms with Crippen molar-refractivity contribution in [1.82, 2.24) is 30.4 Å². The minimum atomic E-state index is -0.0145. The van der Waals surface area contributed by atoms with Crippen molar-refractivity contribution in [2.24, 2.45) is 12.2 Å². The van der Waals surface area contributed by atoms with Gasteiger partial charge >= 0.3 is 0 Å². The zero-order chi connectivity index (χ0) is 24.0. The predicted octanol–water partition coefficient (Wildman–Crippen LogP) is 4.78. The van der Waals surface area contributed by atoms with Crippen molar-refractivity contribution in [3.8, 4) is 23.0 Å². The molecule has 0 aliphatic heterocycles. The molecule has 2 heterocycles. The Morgan fingerprint density at radius 1 is 0.914 bits per heavy atom. The van der Waals surface area contributed by atoms with Gasteiger partial charge in [-0.05, 0) is 59.0 Å². The Morgan fingerprint density at radius 3 is 2.31 bits per heavy atom. The highest BCUT2D eigenvalue weighted by Crippen LogP contribution is 2.26. The van der Waals surface area contributed by atoms with E-state index in [0.717, 1.165) is 21.3 Å². The molecule has 0 N–H and O–H groups in total. The second-order valence-corrected chi connectivity index (χ2v) is 8.20. The van der Waals surface area contributed by atoms with Gasteiger partial charge in [0.2, 0.25) is 11.7 Å². The molecular weight excluding hydrogens is 514 g/mol. The van der Waals surface area contributed by atoms with Gasteiger partial charge in [-0.1, -0.05) is 51.4 Å². The van der Waals surface area contributed by atoms with Gasteiger partial charge in [-0.3, -0.25) is 0 Å². The van der Waals surface area contributed by atoms with Crippen molar-refractivity contribution < 1.29 is 14.0 Å². The van der Waals surface area contributed by atoms with Gasteiger partial charge in [-0.15, -0.1) is 15.3 Å². The van der Waals surface area contributed by atoms with Gasteiger partial charge in [0.25, 0.3) is 5.89 Å². The molecule has 0 amide bonds. The summed E-state index contributed by atoms with van der Waals surface area (Å²) < 4.78 is 14.1. The van der Waals surface area contributed by atoms with E-state index in [2.05, 4.69) is 46.8 Å². The van der Waals surface area contributed by atoms with E-state index in [1.54, 1.807) is 7.05 Å². The maximum absolute atomic E-state index is 5.84. The first-order chi connectivity index (χ1) is 17.2. The molecule has 0 atom stereocenters. The molecule has 0 bridgehead atoms. The van der Waals surface area contributed by atoms with Crippen LogP contribution in [-0.4, -0.2) is 36.1 Å². The summed E-state index contributed by atoms with van der Waals surface area (Å²) in [7, 11) is 1.73. The molecule has 5 aromatic rings. The summed E-state index contributed by atoms with van der Waals surface area (Å²) in [5.74, 6) is 2.55. The van der Waals surface area contributed by atoms with Crippen LogP contribution in [0.3, 0.4) is 0 Å². The molecule has 10 nitrogen and oxygen atoms in total. The highest BCUT2D eigenvalue weighted by atomic mass is 79.9. The number of benzene rings is 3.